The Balaban J connectivity index is 0.000000172. The van der Waals surface area contributed by atoms with Gasteiger partial charge in [0.1, 0.15) is 0 Å². The van der Waals surface area contributed by atoms with E-state index in [4.69, 9.17) is 5.73 Å². The lowest BCUT2D eigenvalue weighted by molar-refractivity contribution is 1.07. The molecule has 0 aromatic heterocycles. The molecule has 30 heavy (non-hydrogen) atoms. The number of nitrogens with two attached hydrogens (primary N) is 1. The highest BCUT2D eigenvalue weighted by molar-refractivity contribution is 5.68. The van der Waals surface area contributed by atoms with E-state index in [1.54, 1.807) is 0 Å². The van der Waals surface area contributed by atoms with Crippen LogP contribution in [0.4, 0.5) is 0 Å². The summed E-state index contributed by atoms with van der Waals surface area (Å²) in [4.78, 5) is 0. The second-order valence-electron chi connectivity index (χ2n) is 7.96. The number of rotatable bonds is 3. The second-order valence-corrected chi connectivity index (χ2v) is 7.96. The topological polar surface area (TPSA) is 26.0 Å². The molecule has 0 fully saturated rings. The molecule has 0 radical (unpaired) electrons. The quantitative estimate of drug-likeness (QED) is 0.385. The molecule has 0 aliphatic carbocycles. The van der Waals surface area contributed by atoms with Gasteiger partial charge in [-0.25, -0.2) is 0 Å². The minimum atomic E-state index is 0.588. The first-order valence-corrected chi connectivity index (χ1v) is 10.5. The molecule has 0 bridgehead atoms. The smallest absolute Gasteiger partial charge is 0.0184 e. The van der Waals surface area contributed by atoms with Gasteiger partial charge < -0.3 is 5.73 Å². The van der Waals surface area contributed by atoms with Crippen LogP contribution in [0, 0.1) is 27.7 Å². The Labute approximate surface area is 181 Å². The van der Waals surface area contributed by atoms with E-state index in [9.17, 15) is 0 Å². The SMILES string of the molecule is Cc1ccc(-c2ccc(C)cc2)cc1.Cc1ccc(-c2ccc(C)cc2CN)cc1. The van der Waals surface area contributed by atoms with Gasteiger partial charge in [0.05, 0.1) is 0 Å². The van der Waals surface area contributed by atoms with Gasteiger partial charge in [0.25, 0.3) is 0 Å². The predicted molar refractivity (Wildman–Crippen MR) is 131 cm³/mol. The number of benzene rings is 4. The summed E-state index contributed by atoms with van der Waals surface area (Å²) in [7, 11) is 0. The molecule has 1 nitrogen and oxygen atoms in total. The summed E-state index contributed by atoms with van der Waals surface area (Å²) in [6, 6.07) is 32.3. The van der Waals surface area contributed by atoms with Gasteiger partial charge in [0.15, 0.2) is 0 Å². The van der Waals surface area contributed by atoms with Crippen molar-refractivity contribution in [2.45, 2.75) is 34.2 Å². The average molecular weight is 394 g/mol. The van der Waals surface area contributed by atoms with Gasteiger partial charge in [0, 0.05) is 6.54 Å². The molecule has 0 amide bonds. The van der Waals surface area contributed by atoms with Crippen molar-refractivity contribution in [3.63, 3.8) is 0 Å². The van der Waals surface area contributed by atoms with Crippen LogP contribution in [-0.4, -0.2) is 0 Å². The first kappa shape index (κ1) is 21.5. The van der Waals surface area contributed by atoms with E-state index >= 15 is 0 Å². The summed E-state index contributed by atoms with van der Waals surface area (Å²) in [5.41, 5.74) is 17.2. The molecule has 0 aliphatic heterocycles. The zero-order valence-corrected chi connectivity index (χ0v) is 18.4. The van der Waals surface area contributed by atoms with Gasteiger partial charge in [0.2, 0.25) is 0 Å². The van der Waals surface area contributed by atoms with Crippen LogP contribution in [-0.2, 0) is 6.54 Å². The molecule has 152 valence electrons. The standard InChI is InChI=1S/C15H17N.C14H14/c1-11-3-6-13(7-4-11)15-8-5-12(2)9-14(15)10-16;1-11-3-7-13(8-4-11)14-9-5-12(2)6-10-14/h3-9H,10,16H2,1-2H3;3-10H,1-2H3. The van der Waals surface area contributed by atoms with Crippen molar-refractivity contribution < 1.29 is 0 Å². The van der Waals surface area contributed by atoms with Gasteiger partial charge in [-0.1, -0.05) is 113 Å². The Morgan fingerprint density at radius 3 is 1.23 bits per heavy atom. The highest BCUT2D eigenvalue weighted by atomic mass is 14.5. The molecule has 1 heteroatoms. The van der Waals surface area contributed by atoms with Crippen LogP contribution in [0.5, 0.6) is 0 Å². The third-order valence-corrected chi connectivity index (χ3v) is 5.28. The van der Waals surface area contributed by atoms with Gasteiger partial charge in [-0.05, 0) is 55.5 Å². The van der Waals surface area contributed by atoms with E-state index in [0.29, 0.717) is 6.54 Å². The lowest BCUT2D eigenvalue weighted by atomic mass is 9.97. The van der Waals surface area contributed by atoms with E-state index in [0.717, 1.165) is 0 Å². The maximum absolute atomic E-state index is 5.79. The van der Waals surface area contributed by atoms with Crippen LogP contribution in [0.3, 0.4) is 0 Å². The maximum Gasteiger partial charge on any atom is 0.0184 e. The van der Waals surface area contributed by atoms with Crippen molar-refractivity contribution in [3.05, 3.63) is 119 Å². The molecule has 4 aromatic carbocycles. The first-order chi connectivity index (χ1) is 14.5. The van der Waals surface area contributed by atoms with Gasteiger partial charge >= 0.3 is 0 Å². The number of hydrogen-bond acceptors (Lipinski definition) is 1. The molecule has 4 rings (SSSR count). The molecule has 0 heterocycles. The molecule has 2 N–H and O–H groups in total. The van der Waals surface area contributed by atoms with Crippen molar-refractivity contribution in [2.75, 3.05) is 0 Å². The van der Waals surface area contributed by atoms with Crippen LogP contribution in [0.15, 0.2) is 91.0 Å². The highest BCUT2D eigenvalue weighted by Gasteiger charge is 2.03. The normalized spacial score (nSPS) is 10.3. The zero-order valence-electron chi connectivity index (χ0n) is 18.4. The van der Waals surface area contributed by atoms with E-state index < -0.39 is 0 Å². The third kappa shape index (κ3) is 5.68. The fourth-order valence-corrected chi connectivity index (χ4v) is 3.40. The minimum absolute atomic E-state index is 0.588. The molecule has 0 atom stereocenters. The summed E-state index contributed by atoms with van der Waals surface area (Å²) in [5.74, 6) is 0. The summed E-state index contributed by atoms with van der Waals surface area (Å²) < 4.78 is 0. The monoisotopic (exact) mass is 393 g/mol. The molecule has 0 unspecified atom stereocenters. The zero-order chi connectivity index (χ0) is 21.5. The van der Waals surface area contributed by atoms with E-state index in [-0.39, 0.29) is 0 Å². The lowest BCUT2D eigenvalue weighted by Crippen LogP contribution is -1.99. The van der Waals surface area contributed by atoms with Crippen LogP contribution in [0.2, 0.25) is 0 Å². The van der Waals surface area contributed by atoms with E-state index in [1.165, 1.54) is 50.1 Å². The molecule has 0 aliphatic rings. The van der Waals surface area contributed by atoms with Gasteiger partial charge in [-0.3, -0.25) is 0 Å². The summed E-state index contributed by atoms with van der Waals surface area (Å²) in [6.45, 7) is 9.00. The Bertz CT molecular complexity index is 1030. The summed E-state index contributed by atoms with van der Waals surface area (Å²) in [6.07, 6.45) is 0. The maximum atomic E-state index is 5.79. The van der Waals surface area contributed by atoms with Crippen molar-refractivity contribution in [1.82, 2.24) is 0 Å². The fraction of sp³-hybridized carbons (Fsp3) is 0.172. The van der Waals surface area contributed by atoms with Gasteiger partial charge in [-0.2, -0.15) is 0 Å². The molecule has 0 saturated heterocycles. The number of aryl methyl sites for hydroxylation is 4. The predicted octanol–water partition coefficient (Wildman–Crippen LogP) is 7.40. The Hall–Kier alpha value is -3.16. The van der Waals surface area contributed by atoms with E-state index in [2.05, 4.69) is 119 Å². The van der Waals surface area contributed by atoms with Crippen LogP contribution in [0.1, 0.15) is 27.8 Å². The van der Waals surface area contributed by atoms with Crippen molar-refractivity contribution in [1.29, 1.82) is 0 Å². The first-order valence-electron chi connectivity index (χ1n) is 10.5. The molecular formula is C29H31N. The van der Waals surface area contributed by atoms with Crippen LogP contribution in [0.25, 0.3) is 22.3 Å². The van der Waals surface area contributed by atoms with Crippen LogP contribution < -0.4 is 5.73 Å². The largest absolute Gasteiger partial charge is 0.326 e. The van der Waals surface area contributed by atoms with Crippen molar-refractivity contribution in [2.24, 2.45) is 5.73 Å². The minimum Gasteiger partial charge on any atom is -0.326 e. The molecular weight excluding hydrogens is 362 g/mol. The Kier molecular flexibility index (Phi) is 7.21. The molecule has 0 saturated carbocycles. The van der Waals surface area contributed by atoms with E-state index in [1.807, 2.05) is 0 Å². The Morgan fingerprint density at radius 1 is 0.467 bits per heavy atom. The Morgan fingerprint density at radius 2 is 0.833 bits per heavy atom. The third-order valence-electron chi connectivity index (χ3n) is 5.28. The summed E-state index contributed by atoms with van der Waals surface area (Å²) in [5, 5.41) is 0. The highest BCUT2D eigenvalue weighted by Crippen LogP contribution is 2.25. The fourth-order valence-electron chi connectivity index (χ4n) is 3.40. The average Bonchev–Trinajstić information content (AvgIpc) is 2.76. The molecule has 4 aromatic rings. The number of hydrogen-bond donors (Lipinski definition) is 1. The molecule has 0 spiro atoms. The second kappa shape index (κ2) is 10.0. The van der Waals surface area contributed by atoms with Crippen molar-refractivity contribution >= 4 is 0 Å². The lowest BCUT2D eigenvalue weighted by Gasteiger charge is -2.09. The van der Waals surface area contributed by atoms with Crippen LogP contribution >= 0.6 is 0 Å². The summed E-state index contributed by atoms with van der Waals surface area (Å²) >= 11 is 0. The van der Waals surface area contributed by atoms with Gasteiger partial charge in [-0.15, -0.1) is 0 Å². The van der Waals surface area contributed by atoms with Crippen molar-refractivity contribution in [3.8, 4) is 22.3 Å².